The normalized spacial score (nSPS) is 10.7. The third-order valence-corrected chi connectivity index (χ3v) is 4.61. The van der Waals surface area contributed by atoms with Crippen LogP contribution in [0.1, 0.15) is 25.0 Å². The molecule has 0 heterocycles. The predicted octanol–water partition coefficient (Wildman–Crippen LogP) is 7.06. The van der Waals surface area contributed by atoms with Crippen LogP contribution in [-0.4, -0.2) is 0 Å². The fourth-order valence-corrected chi connectivity index (χ4v) is 3.11. The van der Waals surface area contributed by atoms with Crippen LogP contribution in [0.15, 0.2) is 60.7 Å². The van der Waals surface area contributed by atoms with E-state index in [1.54, 1.807) is 0 Å². The molecule has 0 amide bonds. The van der Waals surface area contributed by atoms with Gasteiger partial charge in [0.2, 0.25) is 0 Å². The van der Waals surface area contributed by atoms with Gasteiger partial charge in [-0.2, -0.15) is 0 Å². The number of rotatable bonds is 5. The average molecular weight is 355 g/mol. The minimum absolute atomic E-state index is 0.135. The Kier molecular flexibility index (Phi) is 5.40. The van der Waals surface area contributed by atoms with Gasteiger partial charge in [-0.05, 0) is 54.3 Å². The van der Waals surface area contributed by atoms with E-state index in [2.05, 4.69) is 6.92 Å². The Morgan fingerprint density at radius 2 is 1.68 bits per heavy atom. The lowest BCUT2D eigenvalue weighted by Gasteiger charge is -2.17. The third-order valence-electron chi connectivity index (χ3n) is 4.23. The highest BCUT2D eigenvalue weighted by Crippen LogP contribution is 2.41. The molecule has 1 nitrogen and oxygen atoms in total. The zero-order chi connectivity index (χ0) is 17.8. The van der Waals surface area contributed by atoms with Crippen LogP contribution in [0.25, 0.3) is 11.1 Å². The van der Waals surface area contributed by atoms with E-state index >= 15 is 0 Å². The topological polar surface area (TPSA) is 9.23 Å². The van der Waals surface area contributed by atoms with Crippen molar-refractivity contribution in [1.29, 1.82) is 0 Å². The zero-order valence-electron chi connectivity index (χ0n) is 14.4. The number of para-hydroxylation sites is 1. The Bertz CT molecular complexity index is 875. The number of hydrogen-bond donors (Lipinski definition) is 0. The molecule has 0 bridgehead atoms. The quantitative estimate of drug-likeness (QED) is 0.476. The van der Waals surface area contributed by atoms with Crippen molar-refractivity contribution in [1.82, 2.24) is 0 Å². The minimum Gasteiger partial charge on any atom is -0.457 e. The summed E-state index contributed by atoms with van der Waals surface area (Å²) < 4.78 is 20.4. The van der Waals surface area contributed by atoms with Crippen LogP contribution in [0.4, 0.5) is 4.39 Å². The van der Waals surface area contributed by atoms with Crippen molar-refractivity contribution in [3.05, 3.63) is 82.6 Å². The third kappa shape index (κ3) is 3.69. The van der Waals surface area contributed by atoms with E-state index in [-0.39, 0.29) is 5.02 Å². The Hall–Kier alpha value is -2.32. The average Bonchev–Trinajstić information content (AvgIpc) is 2.64. The molecule has 0 saturated heterocycles. The maximum absolute atomic E-state index is 14.3. The maximum Gasteiger partial charge on any atom is 0.142 e. The molecule has 3 rings (SSSR count). The summed E-state index contributed by atoms with van der Waals surface area (Å²) in [6.07, 6.45) is 1.54. The van der Waals surface area contributed by atoms with Crippen LogP contribution >= 0.6 is 11.6 Å². The smallest absolute Gasteiger partial charge is 0.142 e. The van der Waals surface area contributed by atoms with E-state index in [0.717, 1.165) is 35.3 Å². The second-order valence-electron chi connectivity index (χ2n) is 5.85. The van der Waals surface area contributed by atoms with Gasteiger partial charge < -0.3 is 4.74 Å². The summed E-state index contributed by atoms with van der Waals surface area (Å²) in [7, 11) is 0. The van der Waals surface area contributed by atoms with Crippen LogP contribution in [0.5, 0.6) is 11.5 Å². The highest BCUT2D eigenvalue weighted by atomic mass is 35.5. The number of hydrogen-bond acceptors (Lipinski definition) is 1. The van der Waals surface area contributed by atoms with Crippen LogP contribution in [0, 0.1) is 5.82 Å². The molecule has 0 aliphatic heterocycles. The fraction of sp³-hybridized carbons (Fsp3) is 0.182. The summed E-state index contributed by atoms with van der Waals surface area (Å²) >= 11 is 6.33. The van der Waals surface area contributed by atoms with Gasteiger partial charge in [-0.3, -0.25) is 0 Å². The van der Waals surface area contributed by atoms with Crippen molar-refractivity contribution < 1.29 is 9.13 Å². The van der Waals surface area contributed by atoms with Crippen molar-refractivity contribution in [3.8, 4) is 22.6 Å². The lowest BCUT2D eigenvalue weighted by molar-refractivity contribution is 0.484. The Balaban J connectivity index is 2.20. The molecule has 0 aliphatic carbocycles. The van der Waals surface area contributed by atoms with Gasteiger partial charge in [-0.1, -0.05) is 55.8 Å². The summed E-state index contributed by atoms with van der Waals surface area (Å²) in [6, 6.07) is 18.9. The summed E-state index contributed by atoms with van der Waals surface area (Å²) in [4.78, 5) is 0. The standard InChI is InChI=1S/C22H20ClFO/c1-3-15-13-18(22(23)19(24)14-15)21-16(4-2)9-8-12-20(21)25-17-10-6-5-7-11-17/h5-14H,3-4H2,1-2H3. The zero-order valence-corrected chi connectivity index (χ0v) is 15.1. The summed E-state index contributed by atoms with van der Waals surface area (Å²) in [5, 5.41) is 0.135. The number of aryl methyl sites for hydroxylation is 2. The van der Waals surface area contributed by atoms with Crippen molar-refractivity contribution >= 4 is 11.6 Å². The highest BCUT2D eigenvalue weighted by molar-refractivity contribution is 6.33. The molecule has 3 aromatic carbocycles. The SMILES string of the molecule is CCc1cc(F)c(Cl)c(-c2c(CC)cccc2Oc2ccccc2)c1. The van der Waals surface area contributed by atoms with Gasteiger partial charge >= 0.3 is 0 Å². The van der Waals surface area contributed by atoms with Gasteiger partial charge in [0.05, 0.1) is 5.02 Å². The van der Waals surface area contributed by atoms with E-state index in [4.69, 9.17) is 16.3 Å². The molecule has 0 spiro atoms. The van der Waals surface area contributed by atoms with Crippen LogP contribution in [0.2, 0.25) is 5.02 Å². The Morgan fingerprint density at radius 3 is 2.36 bits per heavy atom. The van der Waals surface area contributed by atoms with Gasteiger partial charge in [0.15, 0.2) is 0 Å². The molecule has 0 unspecified atom stereocenters. The summed E-state index contributed by atoms with van der Waals surface area (Å²) in [6.45, 7) is 4.07. The molecular weight excluding hydrogens is 335 g/mol. The van der Waals surface area contributed by atoms with E-state index < -0.39 is 5.82 Å². The number of benzene rings is 3. The van der Waals surface area contributed by atoms with E-state index in [9.17, 15) is 4.39 Å². The molecule has 0 atom stereocenters. The first-order valence-electron chi connectivity index (χ1n) is 8.47. The number of halogens is 2. The van der Waals surface area contributed by atoms with Gasteiger partial charge in [0, 0.05) is 11.1 Å². The van der Waals surface area contributed by atoms with E-state index in [1.165, 1.54) is 6.07 Å². The lowest BCUT2D eigenvalue weighted by Crippen LogP contribution is -1.97. The second kappa shape index (κ2) is 7.71. The molecule has 3 aromatic rings. The van der Waals surface area contributed by atoms with E-state index in [0.29, 0.717) is 11.3 Å². The molecule has 3 heteroatoms. The highest BCUT2D eigenvalue weighted by Gasteiger charge is 2.18. The van der Waals surface area contributed by atoms with Crippen LogP contribution in [0.3, 0.4) is 0 Å². The van der Waals surface area contributed by atoms with Gasteiger partial charge in [-0.25, -0.2) is 4.39 Å². The van der Waals surface area contributed by atoms with Gasteiger partial charge in [0.25, 0.3) is 0 Å². The minimum atomic E-state index is -0.396. The maximum atomic E-state index is 14.3. The molecular formula is C22H20ClFO. The van der Waals surface area contributed by atoms with Gasteiger partial charge in [-0.15, -0.1) is 0 Å². The van der Waals surface area contributed by atoms with Crippen LogP contribution < -0.4 is 4.74 Å². The lowest BCUT2D eigenvalue weighted by atomic mass is 9.95. The first-order valence-corrected chi connectivity index (χ1v) is 8.84. The molecule has 0 N–H and O–H groups in total. The first-order chi connectivity index (χ1) is 12.1. The van der Waals surface area contributed by atoms with E-state index in [1.807, 2.05) is 61.5 Å². The Labute approximate surface area is 153 Å². The largest absolute Gasteiger partial charge is 0.457 e. The second-order valence-corrected chi connectivity index (χ2v) is 6.23. The van der Waals surface area contributed by atoms with Crippen LogP contribution in [-0.2, 0) is 12.8 Å². The molecule has 0 aliphatic rings. The van der Waals surface area contributed by atoms with Crippen molar-refractivity contribution in [3.63, 3.8) is 0 Å². The first kappa shape index (κ1) is 17.5. The molecule has 0 fully saturated rings. The summed E-state index contributed by atoms with van der Waals surface area (Å²) in [5.74, 6) is 1.02. The Morgan fingerprint density at radius 1 is 0.920 bits per heavy atom. The summed E-state index contributed by atoms with van der Waals surface area (Å²) in [5.41, 5.74) is 3.52. The van der Waals surface area contributed by atoms with Crippen molar-refractivity contribution in [2.24, 2.45) is 0 Å². The fourth-order valence-electron chi connectivity index (χ4n) is 2.91. The molecule has 128 valence electrons. The molecule has 0 saturated carbocycles. The predicted molar refractivity (Wildman–Crippen MR) is 102 cm³/mol. The molecule has 0 aromatic heterocycles. The monoisotopic (exact) mass is 354 g/mol. The molecule has 25 heavy (non-hydrogen) atoms. The van der Waals surface area contributed by atoms with Gasteiger partial charge in [0.1, 0.15) is 17.3 Å². The van der Waals surface area contributed by atoms with Crippen molar-refractivity contribution in [2.75, 3.05) is 0 Å². The van der Waals surface area contributed by atoms with Crippen molar-refractivity contribution in [2.45, 2.75) is 26.7 Å². The molecule has 0 radical (unpaired) electrons. The number of ether oxygens (including phenoxy) is 1.